The molecule has 1 aliphatic heterocycles. The van der Waals surface area contributed by atoms with Crippen LogP contribution in [-0.4, -0.2) is 59.0 Å². The van der Waals surface area contributed by atoms with Gasteiger partial charge in [-0.25, -0.2) is 0 Å². The number of likely N-dealkylation sites (N-methyl/N-ethyl adjacent to an activating group) is 1. The van der Waals surface area contributed by atoms with Crippen molar-refractivity contribution >= 4 is 0 Å². The number of ether oxygens (including phenoxy) is 4. The van der Waals surface area contributed by atoms with Crippen LogP contribution in [0.1, 0.15) is 6.92 Å². The Balaban J connectivity index is 2.80. The van der Waals surface area contributed by atoms with Gasteiger partial charge in [0, 0.05) is 21.3 Å². The third-order valence-corrected chi connectivity index (χ3v) is 2.91. The van der Waals surface area contributed by atoms with Crippen LogP contribution in [0.3, 0.4) is 0 Å². The molecule has 0 aromatic carbocycles. The van der Waals surface area contributed by atoms with E-state index in [1.54, 1.807) is 21.3 Å². The fourth-order valence-corrected chi connectivity index (χ4v) is 2.11. The molecule has 1 N–H and O–H groups in total. The Morgan fingerprint density at radius 1 is 1.00 bits per heavy atom. The lowest BCUT2D eigenvalue weighted by molar-refractivity contribution is -0.273. The lowest BCUT2D eigenvalue weighted by Gasteiger charge is -2.43. The summed E-state index contributed by atoms with van der Waals surface area (Å²) in [4.78, 5) is 0. The summed E-state index contributed by atoms with van der Waals surface area (Å²) in [6.45, 7) is 1.99. The van der Waals surface area contributed by atoms with E-state index in [2.05, 4.69) is 5.32 Å². The predicted octanol–water partition coefficient (Wildman–Crippen LogP) is -0.00440. The first-order chi connectivity index (χ1) is 7.19. The Kier molecular flexibility index (Phi) is 4.95. The van der Waals surface area contributed by atoms with Crippen LogP contribution in [0.4, 0.5) is 0 Å². The maximum atomic E-state index is 5.68. The summed E-state index contributed by atoms with van der Waals surface area (Å²) in [5, 5.41) is 3.18. The molecule has 0 aromatic heterocycles. The molecule has 1 rings (SSSR count). The van der Waals surface area contributed by atoms with Crippen LogP contribution in [0, 0.1) is 0 Å². The van der Waals surface area contributed by atoms with Gasteiger partial charge in [-0.1, -0.05) is 0 Å². The van der Waals surface area contributed by atoms with E-state index < -0.39 is 0 Å². The average molecular weight is 219 g/mol. The minimum atomic E-state index is -0.375. The van der Waals surface area contributed by atoms with Crippen LogP contribution in [0.25, 0.3) is 0 Å². The minimum absolute atomic E-state index is 0.0244. The number of rotatable bonds is 4. The maximum Gasteiger partial charge on any atom is 0.186 e. The van der Waals surface area contributed by atoms with Gasteiger partial charge in [0.15, 0.2) is 6.29 Å². The highest BCUT2D eigenvalue weighted by Crippen LogP contribution is 2.25. The van der Waals surface area contributed by atoms with Crippen LogP contribution in [-0.2, 0) is 18.9 Å². The SMILES string of the molecule is CNC1C(C)OC(OC)C(OC)C1OC. The molecule has 0 radical (unpaired) electrons. The molecule has 1 heterocycles. The fourth-order valence-electron chi connectivity index (χ4n) is 2.11. The minimum Gasteiger partial charge on any atom is -0.377 e. The first-order valence-electron chi connectivity index (χ1n) is 5.10. The van der Waals surface area contributed by atoms with Gasteiger partial charge in [-0.2, -0.15) is 0 Å². The van der Waals surface area contributed by atoms with Crippen molar-refractivity contribution in [2.45, 2.75) is 37.6 Å². The smallest absolute Gasteiger partial charge is 0.186 e. The summed E-state index contributed by atoms with van der Waals surface area (Å²) in [6, 6.07) is 0.103. The summed E-state index contributed by atoms with van der Waals surface area (Å²) >= 11 is 0. The van der Waals surface area contributed by atoms with Crippen molar-refractivity contribution in [2.24, 2.45) is 0 Å². The number of hydrogen-bond donors (Lipinski definition) is 1. The standard InChI is InChI=1S/C10H21NO4/c1-6-7(11-2)8(12-3)9(13-4)10(14-5)15-6/h6-11H,1-5H3. The van der Waals surface area contributed by atoms with Gasteiger partial charge in [-0.05, 0) is 14.0 Å². The summed E-state index contributed by atoms with van der Waals surface area (Å²) in [5.74, 6) is 0. The first-order valence-corrected chi connectivity index (χ1v) is 5.10. The normalized spacial score (nSPS) is 41.8. The molecule has 0 aliphatic carbocycles. The predicted molar refractivity (Wildman–Crippen MR) is 55.8 cm³/mol. The van der Waals surface area contributed by atoms with Gasteiger partial charge in [0.2, 0.25) is 0 Å². The van der Waals surface area contributed by atoms with Crippen molar-refractivity contribution in [3.63, 3.8) is 0 Å². The second kappa shape index (κ2) is 5.77. The Morgan fingerprint density at radius 3 is 2.00 bits per heavy atom. The average Bonchev–Trinajstić information content (AvgIpc) is 2.27. The molecule has 0 aromatic rings. The number of hydrogen-bond acceptors (Lipinski definition) is 5. The Morgan fingerprint density at radius 2 is 1.60 bits per heavy atom. The van der Waals surface area contributed by atoms with Crippen LogP contribution in [0.15, 0.2) is 0 Å². The molecule has 1 fully saturated rings. The molecular formula is C10H21NO4. The summed E-state index contributed by atoms with van der Waals surface area (Å²) in [7, 11) is 6.80. The van der Waals surface area contributed by atoms with E-state index in [0.717, 1.165) is 0 Å². The topological polar surface area (TPSA) is 49.0 Å². The molecule has 1 saturated heterocycles. The monoisotopic (exact) mass is 219 g/mol. The summed E-state index contributed by atoms with van der Waals surface area (Å²) in [6.07, 6.45) is -0.641. The largest absolute Gasteiger partial charge is 0.377 e. The highest BCUT2D eigenvalue weighted by Gasteiger charge is 2.44. The highest BCUT2D eigenvalue weighted by atomic mass is 16.7. The van der Waals surface area contributed by atoms with Gasteiger partial charge in [0.25, 0.3) is 0 Å². The Labute approximate surface area is 91.0 Å². The molecule has 1 aliphatic rings. The van der Waals surface area contributed by atoms with Crippen LogP contribution in [0.2, 0.25) is 0 Å². The third-order valence-electron chi connectivity index (χ3n) is 2.91. The van der Waals surface area contributed by atoms with Crippen LogP contribution in [0.5, 0.6) is 0 Å². The van der Waals surface area contributed by atoms with Crippen molar-refractivity contribution in [2.75, 3.05) is 28.4 Å². The van der Waals surface area contributed by atoms with Crippen molar-refractivity contribution in [3.8, 4) is 0 Å². The van der Waals surface area contributed by atoms with Gasteiger partial charge >= 0.3 is 0 Å². The Bertz CT molecular complexity index is 190. The van der Waals surface area contributed by atoms with E-state index in [4.69, 9.17) is 18.9 Å². The van der Waals surface area contributed by atoms with E-state index in [0.29, 0.717) is 0 Å². The third kappa shape index (κ3) is 2.49. The first kappa shape index (κ1) is 12.9. The highest BCUT2D eigenvalue weighted by molar-refractivity contribution is 4.93. The maximum absolute atomic E-state index is 5.68. The molecule has 0 bridgehead atoms. The summed E-state index contributed by atoms with van der Waals surface area (Å²) < 4.78 is 21.7. The van der Waals surface area contributed by atoms with E-state index in [1.165, 1.54) is 0 Å². The zero-order valence-electron chi connectivity index (χ0n) is 10.0. The van der Waals surface area contributed by atoms with E-state index in [9.17, 15) is 0 Å². The molecule has 5 heteroatoms. The lowest BCUT2D eigenvalue weighted by atomic mass is 9.97. The summed E-state index contributed by atoms with van der Waals surface area (Å²) in [5.41, 5.74) is 0. The van der Waals surface area contributed by atoms with E-state index >= 15 is 0 Å². The molecular weight excluding hydrogens is 198 g/mol. The zero-order valence-corrected chi connectivity index (χ0v) is 10.0. The molecule has 15 heavy (non-hydrogen) atoms. The van der Waals surface area contributed by atoms with Gasteiger partial charge < -0.3 is 24.3 Å². The van der Waals surface area contributed by atoms with Crippen LogP contribution >= 0.6 is 0 Å². The molecule has 5 nitrogen and oxygen atoms in total. The van der Waals surface area contributed by atoms with Gasteiger partial charge in [-0.3, -0.25) is 0 Å². The number of nitrogens with one attached hydrogen (secondary N) is 1. The molecule has 90 valence electrons. The fraction of sp³-hybridized carbons (Fsp3) is 1.00. The second-order valence-corrected chi connectivity index (χ2v) is 3.66. The molecule has 0 amide bonds. The second-order valence-electron chi connectivity index (χ2n) is 3.66. The van der Waals surface area contributed by atoms with Gasteiger partial charge in [-0.15, -0.1) is 0 Å². The Hall–Kier alpha value is -0.200. The van der Waals surface area contributed by atoms with Crippen molar-refractivity contribution in [1.29, 1.82) is 0 Å². The van der Waals surface area contributed by atoms with Gasteiger partial charge in [0.05, 0.1) is 12.1 Å². The molecule has 0 saturated carbocycles. The zero-order chi connectivity index (χ0) is 11.4. The van der Waals surface area contributed by atoms with Crippen LogP contribution < -0.4 is 5.32 Å². The van der Waals surface area contributed by atoms with E-state index in [-0.39, 0.29) is 30.6 Å². The molecule has 5 atom stereocenters. The molecule has 0 spiro atoms. The van der Waals surface area contributed by atoms with E-state index in [1.807, 2.05) is 14.0 Å². The number of methoxy groups -OCH3 is 3. The van der Waals surface area contributed by atoms with Crippen molar-refractivity contribution < 1.29 is 18.9 Å². The quantitative estimate of drug-likeness (QED) is 0.721. The van der Waals surface area contributed by atoms with Crippen molar-refractivity contribution in [1.82, 2.24) is 5.32 Å². The van der Waals surface area contributed by atoms with Gasteiger partial charge in [0.1, 0.15) is 12.2 Å². The van der Waals surface area contributed by atoms with Crippen molar-refractivity contribution in [3.05, 3.63) is 0 Å². The lowest BCUT2D eigenvalue weighted by Crippen LogP contribution is -2.62. The molecule has 5 unspecified atom stereocenters.